The van der Waals surface area contributed by atoms with E-state index < -0.39 is 0 Å². The van der Waals surface area contributed by atoms with Crippen LogP contribution in [0, 0.1) is 0 Å². The molecule has 1 N–H and O–H groups in total. The van der Waals surface area contributed by atoms with E-state index in [1.807, 2.05) is 47.9 Å². The summed E-state index contributed by atoms with van der Waals surface area (Å²) in [6.45, 7) is 2.78. The predicted molar refractivity (Wildman–Crippen MR) is 87.5 cm³/mol. The van der Waals surface area contributed by atoms with E-state index >= 15 is 0 Å². The second-order valence-electron chi connectivity index (χ2n) is 4.63. The van der Waals surface area contributed by atoms with E-state index in [2.05, 4.69) is 26.2 Å². The number of aromatic nitrogens is 2. The van der Waals surface area contributed by atoms with Crippen molar-refractivity contribution in [1.29, 1.82) is 0 Å². The minimum absolute atomic E-state index is 0.165. The van der Waals surface area contributed by atoms with Gasteiger partial charge in [0.1, 0.15) is 0 Å². The zero-order valence-corrected chi connectivity index (χ0v) is 13.1. The molecule has 0 aliphatic heterocycles. The van der Waals surface area contributed by atoms with Crippen LogP contribution in [0.1, 0.15) is 17.3 Å². The van der Waals surface area contributed by atoms with Gasteiger partial charge in [0.05, 0.1) is 11.0 Å². The number of fused-ring (bicyclic) bond motifs is 1. The predicted octanol–water partition coefficient (Wildman–Crippen LogP) is 4.07. The first kappa shape index (κ1) is 13.8. The summed E-state index contributed by atoms with van der Waals surface area (Å²) in [4.78, 5) is 16.8. The summed E-state index contributed by atoms with van der Waals surface area (Å²) in [5.74, 6) is 0.407. The van der Waals surface area contributed by atoms with Crippen LogP contribution < -0.4 is 5.32 Å². The van der Waals surface area contributed by atoms with E-state index in [0.29, 0.717) is 11.5 Å². The van der Waals surface area contributed by atoms with Crippen molar-refractivity contribution in [3.63, 3.8) is 0 Å². The molecule has 3 aromatic rings. The van der Waals surface area contributed by atoms with Crippen LogP contribution >= 0.6 is 15.9 Å². The molecule has 4 nitrogen and oxygen atoms in total. The maximum absolute atomic E-state index is 12.3. The van der Waals surface area contributed by atoms with Gasteiger partial charge in [-0.1, -0.05) is 34.1 Å². The SMILES string of the molecule is CCn1c(NC(=O)c2cccc(Br)c2)nc2ccccc21. The summed E-state index contributed by atoms with van der Waals surface area (Å²) in [6, 6.07) is 15.1. The molecule has 0 saturated heterocycles. The number of aryl methyl sites for hydroxylation is 1. The number of para-hydroxylation sites is 2. The zero-order valence-electron chi connectivity index (χ0n) is 11.5. The Hall–Kier alpha value is -2.14. The number of nitrogens with zero attached hydrogens (tertiary/aromatic N) is 2. The van der Waals surface area contributed by atoms with Crippen LogP contribution in [0.3, 0.4) is 0 Å². The topological polar surface area (TPSA) is 46.9 Å². The molecule has 0 fully saturated rings. The lowest BCUT2D eigenvalue weighted by molar-refractivity contribution is 0.102. The molecule has 0 bridgehead atoms. The third kappa shape index (κ3) is 2.69. The van der Waals surface area contributed by atoms with Gasteiger partial charge in [-0.25, -0.2) is 4.98 Å². The Balaban J connectivity index is 1.96. The van der Waals surface area contributed by atoms with Crippen LogP contribution in [-0.4, -0.2) is 15.5 Å². The van der Waals surface area contributed by atoms with E-state index in [4.69, 9.17) is 0 Å². The molecule has 2 aromatic carbocycles. The summed E-state index contributed by atoms with van der Waals surface area (Å²) >= 11 is 3.37. The number of hydrogen-bond donors (Lipinski definition) is 1. The van der Waals surface area contributed by atoms with E-state index in [0.717, 1.165) is 22.1 Å². The first-order valence-electron chi connectivity index (χ1n) is 6.71. The smallest absolute Gasteiger partial charge is 0.258 e. The Kier molecular flexibility index (Phi) is 3.75. The van der Waals surface area contributed by atoms with E-state index in [-0.39, 0.29) is 5.91 Å². The summed E-state index contributed by atoms with van der Waals surface area (Å²) < 4.78 is 2.87. The molecule has 3 rings (SSSR count). The van der Waals surface area contributed by atoms with Gasteiger partial charge in [0.2, 0.25) is 5.95 Å². The lowest BCUT2D eigenvalue weighted by Gasteiger charge is -2.07. The van der Waals surface area contributed by atoms with Crippen LogP contribution in [-0.2, 0) is 6.54 Å². The molecule has 1 aromatic heterocycles. The molecule has 0 spiro atoms. The monoisotopic (exact) mass is 343 g/mol. The number of amides is 1. The molecule has 5 heteroatoms. The van der Waals surface area contributed by atoms with Crippen molar-refractivity contribution < 1.29 is 4.79 Å². The summed E-state index contributed by atoms with van der Waals surface area (Å²) in [6.07, 6.45) is 0. The Morgan fingerprint density at radius 1 is 1.24 bits per heavy atom. The average molecular weight is 344 g/mol. The van der Waals surface area contributed by atoms with Crippen LogP contribution in [0.2, 0.25) is 0 Å². The quantitative estimate of drug-likeness (QED) is 0.779. The highest BCUT2D eigenvalue weighted by Crippen LogP contribution is 2.20. The third-order valence-electron chi connectivity index (χ3n) is 3.28. The van der Waals surface area contributed by atoms with Crippen molar-refractivity contribution in [3.8, 4) is 0 Å². The number of nitrogens with one attached hydrogen (secondary N) is 1. The molecule has 0 unspecified atom stereocenters. The van der Waals surface area contributed by atoms with Gasteiger partial charge in [-0.05, 0) is 37.3 Å². The summed E-state index contributed by atoms with van der Waals surface area (Å²) in [5, 5.41) is 2.89. The lowest BCUT2D eigenvalue weighted by Crippen LogP contribution is -2.15. The molecule has 21 heavy (non-hydrogen) atoms. The molecule has 0 aliphatic carbocycles. The number of anilines is 1. The van der Waals surface area contributed by atoms with Gasteiger partial charge in [0.25, 0.3) is 5.91 Å². The molecular weight excluding hydrogens is 330 g/mol. The van der Waals surface area contributed by atoms with Gasteiger partial charge < -0.3 is 4.57 Å². The Labute approximate surface area is 130 Å². The number of carbonyl (C=O) groups is 1. The normalized spacial score (nSPS) is 10.8. The fraction of sp³-hybridized carbons (Fsp3) is 0.125. The van der Waals surface area contributed by atoms with Crippen LogP contribution in [0.15, 0.2) is 53.0 Å². The van der Waals surface area contributed by atoms with Gasteiger partial charge in [-0.2, -0.15) is 0 Å². The van der Waals surface area contributed by atoms with Crippen LogP contribution in [0.5, 0.6) is 0 Å². The Morgan fingerprint density at radius 2 is 2.05 bits per heavy atom. The van der Waals surface area contributed by atoms with E-state index in [9.17, 15) is 4.79 Å². The van der Waals surface area contributed by atoms with Gasteiger partial charge in [-0.15, -0.1) is 0 Å². The minimum Gasteiger partial charge on any atom is -0.310 e. The summed E-state index contributed by atoms with van der Waals surface area (Å²) in [7, 11) is 0. The lowest BCUT2D eigenvalue weighted by atomic mass is 10.2. The van der Waals surface area contributed by atoms with Crippen molar-refractivity contribution in [1.82, 2.24) is 9.55 Å². The van der Waals surface area contributed by atoms with Crippen molar-refractivity contribution in [3.05, 3.63) is 58.6 Å². The number of rotatable bonds is 3. The van der Waals surface area contributed by atoms with Gasteiger partial charge in [0.15, 0.2) is 0 Å². The highest BCUT2D eigenvalue weighted by atomic mass is 79.9. The largest absolute Gasteiger partial charge is 0.310 e. The maximum Gasteiger partial charge on any atom is 0.258 e. The second-order valence-corrected chi connectivity index (χ2v) is 5.55. The molecule has 1 heterocycles. The molecule has 1 amide bonds. The number of halogens is 1. The van der Waals surface area contributed by atoms with E-state index in [1.165, 1.54) is 0 Å². The number of hydrogen-bond acceptors (Lipinski definition) is 2. The highest BCUT2D eigenvalue weighted by Gasteiger charge is 2.13. The van der Waals surface area contributed by atoms with E-state index in [1.54, 1.807) is 12.1 Å². The van der Waals surface area contributed by atoms with Crippen molar-refractivity contribution >= 4 is 38.8 Å². The van der Waals surface area contributed by atoms with Gasteiger partial charge in [0, 0.05) is 16.6 Å². The average Bonchev–Trinajstić information content (AvgIpc) is 2.84. The van der Waals surface area contributed by atoms with Crippen molar-refractivity contribution in [2.45, 2.75) is 13.5 Å². The minimum atomic E-state index is -0.165. The second kappa shape index (κ2) is 5.69. The molecule has 0 saturated carbocycles. The van der Waals surface area contributed by atoms with Crippen LogP contribution in [0.25, 0.3) is 11.0 Å². The standard InChI is InChI=1S/C16H14BrN3O/c1-2-20-14-9-4-3-8-13(14)18-16(20)19-15(21)11-6-5-7-12(17)10-11/h3-10H,2H2,1H3,(H,18,19,21). The Morgan fingerprint density at radius 3 is 2.81 bits per heavy atom. The highest BCUT2D eigenvalue weighted by molar-refractivity contribution is 9.10. The molecule has 0 radical (unpaired) electrons. The molecule has 106 valence electrons. The summed E-state index contributed by atoms with van der Waals surface area (Å²) in [5.41, 5.74) is 2.49. The maximum atomic E-state index is 12.3. The Bertz CT molecular complexity index is 810. The van der Waals surface area contributed by atoms with Crippen LogP contribution in [0.4, 0.5) is 5.95 Å². The number of carbonyl (C=O) groups excluding carboxylic acids is 1. The molecular formula is C16H14BrN3O. The zero-order chi connectivity index (χ0) is 14.8. The fourth-order valence-corrected chi connectivity index (χ4v) is 2.69. The first-order valence-corrected chi connectivity index (χ1v) is 7.50. The molecule has 0 aliphatic rings. The fourth-order valence-electron chi connectivity index (χ4n) is 2.29. The first-order chi connectivity index (χ1) is 10.2. The number of imidazole rings is 1. The number of benzene rings is 2. The molecule has 0 atom stereocenters. The van der Waals surface area contributed by atoms with Gasteiger partial charge >= 0.3 is 0 Å². The van der Waals surface area contributed by atoms with Gasteiger partial charge in [-0.3, -0.25) is 10.1 Å². The van der Waals surface area contributed by atoms with Crippen molar-refractivity contribution in [2.75, 3.05) is 5.32 Å². The third-order valence-corrected chi connectivity index (χ3v) is 3.78. The van der Waals surface area contributed by atoms with Crippen molar-refractivity contribution in [2.24, 2.45) is 0 Å².